The summed E-state index contributed by atoms with van der Waals surface area (Å²) in [6, 6.07) is 7.78. The standard InChI is InChI=1S/C20H24N6O2/c1-12-8-13(2)10-16(9-12)26-14(3)11-17(24-26)22-19(27)23-20(6-5-7-20)18-21-15(4)28-25-18/h8-11H,5-7H2,1-4H3,(H2,22,23,24,27). The van der Waals surface area contributed by atoms with Gasteiger partial charge in [-0.25, -0.2) is 9.48 Å². The van der Waals surface area contributed by atoms with Crippen LogP contribution < -0.4 is 10.6 Å². The lowest BCUT2D eigenvalue weighted by molar-refractivity contribution is 0.171. The molecule has 1 aliphatic carbocycles. The van der Waals surface area contributed by atoms with E-state index < -0.39 is 5.54 Å². The summed E-state index contributed by atoms with van der Waals surface area (Å²) in [5.74, 6) is 1.52. The van der Waals surface area contributed by atoms with Crippen LogP contribution >= 0.6 is 0 Å². The van der Waals surface area contributed by atoms with E-state index in [2.05, 4.69) is 57.9 Å². The molecular weight excluding hydrogens is 356 g/mol. The van der Waals surface area contributed by atoms with E-state index in [1.54, 1.807) is 6.92 Å². The lowest BCUT2D eigenvalue weighted by Gasteiger charge is -2.39. The first-order valence-corrected chi connectivity index (χ1v) is 9.40. The van der Waals surface area contributed by atoms with Gasteiger partial charge in [-0.3, -0.25) is 5.32 Å². The van der Waals surface area contributed by atoms with Crippen molar-refractivity contribution in [1.29, 1.82) is 0 Å². The molecule has 0 radical (unpaired) electrons. The highest BCUT2D eigenvalue weighted by molar-refractivity contribution is 5.89. The van der Waals surface area contributed by atoms with E-state index in [0.717, 1.165) is 30.6 Å². The minimum Gasteiger partial charge on any atom is -0.340 e. The normalized spacial score (nSPS) is 15.1. The van der Waals surface area contributed by atoms with Gasteiger partial charge < -0.3 is 9.84 Å². The third kappa shape index (κ3) is 3.37. The van der Waals surface area contributed by atoms with Crippen LogP contribution in [0.3, 0.4) is 0 Å². The molecule has 146 valence electrons. The molecule has 3 aromatic rings. The summed E-state index contributed by atoms with van der Waals surface area (Å²) >= 11 is 0. The third-order valence-corrected chi connectivity index (χ3v) is 5.10. The zero-order valence-electron chi connectivity index (χ0n) is 16.5. The number of benzene rings is 1. The van der Waals surface area contributed by atoms with Crippen LogP contribution in [0.15, 0.2) is 28.8 Å². The number of amides is 2. The van der Waals surface area contributed by atoms with Gasteiger partial charge in [-0.1, -0.05) is 11.2 Å². The Hall–Kier alpha value is -3.16. The molecule has 0 atom stereocenters. The Morgan fingerprint density at radius 3 is 2.39 bits per heavy atom. The van der Waals surface area contributed by atoms with Gasteiger partial charge in [0.25, 0.3) is 0 Å². The van der Waals surface area contributed by atoms with E-state index in [4.69, 9.17) is 4.52 Å². The maximum atomic E-state index is 12.6. The van der Waals surface area contributed by atoms with Crippen LogP contribution in [-0.4, -0.2) is 26.0 Å². The summed E-state index contributed by atoms with van der Waals surface area (Å²) in [6.45, 7) is 7.81. The Bertz CT molecular complexity index is 1010. The molecule has 1 aliphatic rings. The van der Waals surface area contributed by atoms with Crippen LogP contribution in [0.4, 0.5) is 10.6 Å². The summed E-state index contributed by atoms with van der Waals surface area (Å²) in [5.41, 5.74) is 3.68. The SMILES string of the molecule is Cc1cc(C)cc(-n2nc(NC(=O)NC3(c4noc(C)n4)CCC3)cc2C)c1. The zero-order valence-corrected chi connectivity index (χ0v) is 16.5. The molecule has 0 saturated heterocycles. The fraction of sp³-hybridized carbons (Fsp3) is 0.400. The molecule has 0 aliphatic heterocycles. The highest BCUT2D eigenvalue weighted by atomic mass is 16.5. The second-order valence-corrected chi connectivity index (χ2v) is 7.58. The molecule has 0 bridgehead atoms. The summed E-state index contributed by atoms with van der Waals surface area (Å²) in [6.07, 6.45) is 2.58. The minimum absolute atomic E-state index is 0.327. The van der Waals surface area contributed by atoms with Gasteiger partial charge in [-0.05, 0) is 63.3 Å². The molecule has 2 heterocycles. The van der Waals surface area contributed by atoms with Gasteiger partial charge in [0.05, 0.1) is 5.69 Å². The van der Waals surface area contributed by atoms with Crippen molar-refractivity contribution in [3.8, 4) is 5.69 Å². The van der Waals surface area contributed by atoms with Crippen LogP contribution in [0, 0.1) is 27.7 Å². The van der Waals surface area contributed by atoms with Crippen molar-refractivity contribution in [1.82, 2.24) is 25.2 Å². The van der Waals surface area contributed by atoms with E-state index >= 15 is 0 Å². The van der Waals surface area contributed by atoms with Gasteiger partial charge in [-0.2, -0.15) is 4.98 Å². The number of urea groups is 1. The predicted molar refractivity (Wildman–Crippen MR) is 104 cm³/mol. The number of carbonyl (C=O) groups excluding carboxylic acids is 1. The van der Waals surface area contributed by atoms with Gasteiger partial charge in [-0.15, -0.1) is 5.10 Å². The zero-order chi connectivity index (χ0) is 19.9. The largest absolute Gasteiger partial charge is 0.340 e. The average molecular weight is 380 g/mol. The van der Waals surface area contributed by atoms with Gasteiger partial charge in [0, 0.05) is 18.7 Å². The number of nitrogens with one attached hydrogen (secondary N) is 2. The number of carbonyl (C=O) groups is 1. The van der Waals surface area contributed by atoms with Crippen molar-refractivity contribution >= 4 is 11.8 Å². The maximum absolute atomic E-state index is 12.6. The van der Waals surface area contributed by atoms with E-state index in [1.165, 1.54) is 11.1 Å². The number of anilines is 1. The molecule has 2 aromatic heterocycles. The lowest BCUT2D eigenvalue weighted by Crippen LogP contribution is -2.52. The molecule has 2 amide bonds. The topological polar surface area (TPSA) is 97.9 Å². The number of nitrogens with zero attached hydrogens (tertiary/aromatic N) is 4. The second kappa shape index (κ2) is 6.78. The van der Waals surface area contributed by atoms with Crippen LogP contribution in [0.5, 0.6) is 0 Å². The fourth-order valence-electron chi connectivity index (χ4n) is 3.66. The number of aryl methyl sites for hydroxylation is 4. The van der Waals surface area contributed by atoms with Crippen molar-refractivity contribution in [2.75, 3.05) is 5.32 Å². The smallest absolute Gasteiger partial charge is 0.321 e. The first-order chi connectivity index (χ1) is 13.3. The Morgan fingerprint density at radius 1 is 1.11 bits per heavy atom. The highest BCUT2D eigenvalue weighted by Gasteiger charge is 2.44. The van der Waals surface area contributed by atoms with Crippen molar-refractivity contribution < 1.29 is 9.32 Å². The van der Waals surface area contributed by atoms with Gasteiger partial charge >= 0.3 is 6.03 Å². The molecule has 1 aromatic carbocycles. The van der Waals surface area contributed by atoms with Crippen molar-refractivity contribution in [3.05, 3.63) is 52.8 Å². The molecule has 8 nitrogen and oxygen atoms in total. The Morgan fingerprint density at radius 2 is 1.82 bits per heavy atom. The molecule has 4 rings (SSSR count). The quantitative estimate of drug-likeness (QED) is 0.719. The molecular formula is C20H24N6O2. The van der Waals surface area contributed by atoms with Crippen LogP contribution in [0.2, 0.25) is 0 Å². The molecule has 2 N–H and O–H groups in total. The number of hydrogen-bond acceptors (Lipinski definition) is 5. The Balaban J connectivity index is 1.51. The third-order valence-electron chi connectivity index (χ3n) is 5.10. The molecule has 1 saturated carbocycles. The van der Waals surface area contributed by atoms with Crippen molar-refractivity contribution in [2.24, 2.45) is 0 Å². The predicted octanol–water partition coefficient (Wildman–Crippen LogP) is 3.69. The van der Waals surface area contributed by atoms with Crippen LogP contribution in [-0.2, 0) is 5.54 Å². The van der Waals surface area contributed by atoms with E-state index in [9.17, 15) is 4.79 Å². The highest BCUT2D eigenvalue weighted by Crippen LogP contribution is 2.39. The van der Waals surface area contributed by atoms with Crippen LogP contribution in [0.1, 0.15) is 47.8 Å². The average Bonchev–Trinajstić information content (AvgIpc) is 3.16. The van der Waals surface area contributed by atoms with Crippen LogP contribution in [0.25, 0.3) is 5.69 Å². The lowest BCUT2D eigenvalue weighted by atomic mass is 9.76. The summed E-state index contributed by atoms with van der Waals surface area (Å²) in [5, 5.41) is 14.4. The summed E-state index contributed by atoms with van der Waals surface area (Å²) in [4.78, 5) is 16.9. The van der Waals surface area contributed by atoms with E-state index in [-0.39, 0.29) is 6.03 Å². The second-order valence-electron chi connectivity index (χ2n) is 7.58. The number of hydrogen-bond donors (Lipinski definition) is 2. The van der Waals surface area contributed by atoms with Gasteiger partial charge in [0.15, 0.2) is 11.6 Å². The number of rotatable bonds is 4. The maximum Gasteiger partial charge on any atom is 0.321 e. The van der Waals surface area contributed by atoms with E-state index in [0.29, 0.717) is 17.5 Å². The Kier molecular flexibility index (Phi) is 4.41. The molecule has 28 heavy (non-hydrogen) atoms. The first kappa shape index (κ1) is 18.2. The summed E-state index contributed by atoms with van der Waals surface area (Å²) < 4.78 is 6.92. The first-order valence-electron chi connectivity index (χ1n) is 9.40. The summed E-state index contributed by atoms with van der Waals surface area (Å²) in [7, 11) is 0. The molecule has 0 spiro atoms. The van der Waals surface area contributed by atoms with Gasteiger partial charge in [0.2, 0.25) is 5.89 Å². The monoisotopic (exact) mass is 380 g/mol. The fourth-order valence-corrected chi connectivity index (χ4v) is 3.66. The van der Waals surface area contributed by atoms with Crippen molar-refractivity contribution in [3.63, 3.8) is 0 Å². The van der Waals surface area contributed by atoms with Crippen molar-refractivity contribution in [2.45, 2.75) is 52.5 Å². The number of aromatic nitrogens is 4. The Labute approximate surface area is 163 Å². The van der Waals surface area contributed by atoms with Gasteiger partial charge in [0.1, 0.15) is 5.54 Å². The molecule has 8 heteroatoms. The van der Waals surface area contributed by atoms with E-state index in [1.807, 2.05) is 17.7 Å². The molecule has 0 unspecified atom stereocenters. The molecule has 1 fully saturated rings. The minimum atomic E-state index is -0.562.